The molecule has 1 saturated carbocycles. The summed E-state index contributed by atoms with van der Waals surface area (Å²) in [6, 6.07) is 4.41. The Morgan fingerprint density at radius 2 is 1.90 bits per heavy atom. The van der Waals surface area contributed by atoms with Gasteiger partial charge in [-0.2, -0.15) is 0 Å². The number of fused-ring (bicyclic) bond motifs is 2. The quantitative estimate of drug-likeness (QED) is 0.435. The highest BCUT2D eigenvalue weighted by atomic mass is 19.1. The largest absolute Gasteiger partial charge is 0.480 e. The summed E-state index contributed by atoms with van der Waals surface area (Å²) in [5.41, 5.74) is -0.862. The molecule has 3 aromatic heterocycles. The van der Waals surface area contributed by atoms with Gasteiger partial charge in [0.1, 0.15) is 23.1 Å². The average molecular weight is 580 g/mol. The predicted molar refractivity (Wildman–Crippen MR) is 146 cm³/mol. The number of anilines is 3. The molecule has 4 aliphatic rings. The van der Waals surface area contributed by atoms with Gasteiger partial charge in [0.05, 0.1) is 11.9 Å². The van der Waals surface area contributed by atoms with E-state index in [0.717, 1.165) is 18.9 Å². The molecule has 14 nitrogen and oxygen atoms in total. The van der Waals surface area contributed by atoms with Crippen molar-refractivity contribution >= 4 is 46.5 Å². The number of carboxylic acid groups (broad SMARTS) is 1. The van der Waals surface area contributed by atoms with Gasteiger partial charge in [-0.05, 0) is 31.0 Å². The lowest BCUT2D eigenvalue weighted by molar-refractivity contribution is -0.118. The summed E-state index contributed by atoms with van der Waals surface area (Å²) in [5, 5.41) is 12.0. The average Bonchev–Trinajstić information content (AvgIpc) is 3.75. The normalized spacial score (nSPS) is 20.7. The molecule has 1 atom stereocenters. The zero-order chi connectivity index (χ0) is 29.1. The second-order valence-electron chi connectivity index (χ2n) is 10.7. The van der Waals surface area contributed by atoms with Crippen molar-refractivity contribution in [3.63, 3.8) is 0 Å². The number of nitrogens with zero attached hydrogens (tertiary/aromatic N) is 6. The molecular weight excluding hydrogens is 553 g/mol. The smallest absolute Gasteiger partial charge is 0.416 e. The van der Waals surface area contributed by atoms with E-state index in [9.17, 15) is 24.3 Å². The van der Waals surface area contributed by atoms with Crippen LogP contribution in [0.2, 0.25) is 0 Å². The van der Waals surface area contributed by atoms with Crippen LogP contribution in [0.3, 0.4) is 0 Å². The Balaban J connectivity index is 1.03. The molecule has 3 aliphatic heterocycles. The lowest BCUT2D eigenvalue weighted by Crippen LogP contribution is -2.49. The zero-order valence-electron chi connectivity index (χ0n) is 22.3. The Morgan fingerprint density at radius 1 is 1.12 bits per heavy atom. The Morgan fingerprint density at radius 3 is 2.64 bits per heavy atom. The molecular formula is C27H26FN7O7. The first-order chi connectivity index (χ1) is 20.2. The van der Waals surface area contributed by atoms with Crippen LogP contribution in [-0.2, 0) is 9.53 Å². The molecule has 0 spiro atoms. The fourth-order valence-corrected chi connectivity index (χ4v) is 5.58. The van der Waals surface area contributed by atoms with Crippen LogP contribution in [0.25, 0.3) is 11.0 Å². The van der Waals surface area contributed by atoms with E-state index in [0.29, 0.717) is 44.3 Å². The molecule has 6 heterocycles. The number of carboxylic acids is 1. The van der Waals surface area contributed by atoms with Crippen LogP contribution in [0.5, 0.6) is 5.75 Å². The standard InChI is InChI=1S/C27H26FN7O7/c28-18-9-16-22(37)17(26(38)39)12-34(14-1-2-14)24(16)31-25(18)33-7-5-32(6-8-33)10-15-11-35(27(40)42-15)20-4-3-19-23(29-20)30-21(36)13-41-19/h3-4,9,12,14-15H,1-2,5-8,10-11,13H2,(H,38,39)(H,29,30,36)/t15-/m1/s1. The van der Waals surface area contributed by atoms with Gasteiger partial charge in [-0.15, -0.1) is 0 Å². The van der Waals surface area contributed by atoms with Crippen LogP contribution >= 0.6 is 0 Å². The van der Waals surface area contributed by atoms with E-state index in [4.69, 9.17) is 9.47 Å². The molecule has 2 saturated heterocycles. The van der Waals surface area contributed by atoms with Gasteiger partial charge in [0.15, 0.2) is 29.8 Å². The van der Waals surface area contributed by atoms with Crippen molar-refractivity contribution in [2.45, 2.75) is 25.0 Å². The van der Waals surface area contributed by atoms with E-state index in [1.807, 2.05) is 0 Å². The topological polar surface area (TPSA) is 159 Å². The highest BCUT2D eigenvalue weighted by Crippen LogP contribution is 2.37. The Bertz CT molecular complexity index is 1700. The molecule has 7 rings (SSSR count). The molecule has 0 bridgehead atoms. The predicted octanol–water partition coefficient (Wildman–Crippen LogP) is 1.44. The van der Waals surface area contributed by atoms with Crippen molar-refractivity contribution in [3.8, 4) is 5.75 Å². The van der Waals surface area contributed by atoms with E-state index in [1.165, 1.54) is 11.1 Å². The number of rotatable bonds is 6. The molecule has 0 unspecified atom stereocenters. The van der Waals surface area contributed by atoms with Gasteiger partial charge in [-0.25, -0.2) is 23.9 Å². The number of carbonyl (C=O) groups excluding carboxylic acids is 2. The maximum atomic E-state index is 15.3. The molecule has 3 aromatic rings. The minimum Gasteiger partial charge on any atom is -0.480 e. The van der Waals surface area contributed by atoms with Crippen molar-refractivity contribution in [1.82, 2.24) is 19.4 Å². The molecule has 15 heteroatoms. The molecule has 0 aromatic carbocycles. The van der Waals surface area contributed by atoms with Crippen LogP contribution in [0.15, 0.2) is 29.2 Å². The van der Waals surface area contributed by atoms with Crippen LogP contribution < -0.4 is 25.3 Å². The first-order valence-corrected chi connectivity index (χ1v) is 13.6. The van der Waals surface area contributed by atoms with Gasteiger partial charge in [-0.1, -0.05) is 0 Å². The van der Waals surface area contributed by atoms with Crippen LogP contribution in [0.1, 0.15) is 29.2 Å². The molecule has 1 aliphatic carbocycles. The van der Waals surface area contributed by atoms with Crippen molar-refractivity contribution in [2.24, 2.45) is 0 Å². The van der Waals surface area contributed by atoms with Crippen LogP contribution in [0, 0.1) is 5.82 Å². The maximum Gasteiger partial charge on any atom is 0.416 e. The number of ether oxygens (including phenoxy) is 2. The zero-order valence-corrected chi connectivity index (χ0v) is 22.3. The number of carbonyl (C=O) groups is 3. The summed E-state index contributed by atoms with van der Waals surface area (Å²) in [6.45, 7) is 2.67. The highest BCUT2D eigenvalue weighted by Gasteiger charge is 2.36. The van der Waals surface area contributed by atoms with Crippen molar-refractivity contribution < 1.29 is 33.4 Å². The van der Waals surface area contributed by atoms with Crippen molar-refractivity contribution in [3.05, 3.63) is 46.0 Å². The van der Waals surface area contributed by atoms with Crippen molar-refractivity contribution in [1.29, 1.82) is 0 Å². The SMILES string of the molecule is O=C1COc2ccc(N3C[C@@H](CN4CCN(c5nc6c(cc5F)c(=O)c(C(=O)O)cn6C5CC5)CC4)OC3=O)nc2N1. The number of cyclic esters (lactones) is 1. The first kappa shape index (κ1) is 26.1. The third-order valence-corrected chi connectivity index (χ3v) is 7.85. The number of piperazine rings is 1. The second kappa shape index (κ2) is 9.94. The Labute approximate surface area is 237 Å². The molecule has 2 amide bonds. The molecule has 3 fully saturated rings. The van der Waals surface area contributed by atoms with Gasteiger partial charge < -0.3 is 29.4 Å². The van der Waals surface area contributed by atoms with E-state index >= 15 is 4.39 Å². The summed E-state index contributed by atoms with van der Waals surface area (Å²) >= 11 is 0. The Kier molecular flexibility index (Phi) is 6.18. The number of hydrogen-bond donors (Lipinski definition) is 2. The summed E-state index contributed by atoms with van der Waals surface area (Å²) in [4.78, 5) is 62.8. The van der Waals surface area contributed by atoms with Crippen molar-refractivity contribution in [2.75, 3.05) is 61.0 Å². The second-order valence-corrected chi connectivity index (χ2v) is 10.7. The minimum atomic E-state index is -1.35. The lowest BCUT2D eigenvalue weighted by atomic mass is 10.1. The lowest BCUT2D eigenvalue weighted by Gasteiger charge is -2.36. The van der Waals surface area contributed by atoms with Gasteiger partial charge >= 0.3 is 12.1 Å². The maximum absolute atomic E-state index is 15.3. The van der Waals surface area contributed by atoms with Crippen LogP contribution in [0.4, 0.5) is 26.6 Å². The number of nitrogens with one attached hydrogen (secondary N) is 1. The molecule has 0 radical (unpaired) electrons. The highest BCUT2D eigenvalue weighted by molar-refractivity contribution is 5.95. The van der Waals surface area contributed by atoms with Gasteiger partial charge in [0.2, 0.25) is 5.43 Å². The molecule has 2 N–H and O–H groups in total. The summed E-state index contributed by atoms with van der Waals surface area (Å²) in [6.07, 6.45) is 2.03. The van der Waals surface area contributed by atoms with E-state index < -0.39 is 35.0 Å². The number of amides is 2. The van der Waals surface area contributed by atoms with Crippen LogP contribution in [-0.4, -0.2) is 94.5 Å². The summed E-state index contributed by atoms with van der Waals surface area (Å²) in [7, 11) is 0. The fraction of sp³-hybridized carbons (Fsp3) is 0.407. The number of hydrogen-bond acceptors (Lipinski definition) is 10. The summed E-state index contributed by atoms with van der Waals surface area (Å²) in [5.74, 6) is -1.22. The molecule has 42 heavy (non-hydrogen) atoms. The van der Waals surface area contributed by atoms with E-state index in [2.05, 4.69) is 20.2 Å². The Hall–Kier alpha value is -4.79. The fourth-order valence-electron chi connectivity index (χ4n) is 5.58. The third-order valence-electron chi connectivity index (χ3n) is 7.85. The monoisotopic (exact) mass is 579 g/mol. The first-order valence-electron chi connectivity index (χ1n) is 13.6. The minimum absolute atomic E-state index is 0.0335. The van der Waals surface area contributed by atoms with Gasteiger partial charge in [0.25, 0.3) is 5.91 Å². The third kappa shape index (κ3) is 4.64. The van der Waals surface area contributed by atoms with Gasteiger partial charge in [0, 0.05) is 45.0 Å². The summed E-state index contributed by atoms with van der Waals surface area (Å²) < 4.78 is 27.8. The van der Waals surface area contributed by atoms with Gasteiger partial charge in [-0.3, -0.25) is 19.4 Å². The molecule has 218 valence electrons. The number of pyridine rings is 3. The van der Waals surface area contributed by atoms with E-state index in [1.54, 1.807) is 21.6 Å². The van der Waals surface area contributed by atoms with E-state index in [-0.39, 0.29) is 47.8 Å². The number of aromatic nitrogens is 3. The number of aromatic carboxylic acids is 1. The number of halogens is 1.